The van der Waals surface area contributed by atoms with Gasteiger partial charge in [-0.25, -0.2) is 0 Å². The van der Waals surface area contributed by atoms with Crippen molar-refractivity contribution in [3.05, 3.63) is 0 Å². The van der Waals surface area contributed by atoms with Crippen LogP contribution in [0.2, 0.25) is 0 Å². The summed E-state index contributed by atoms with van der Waals surface area (Å²) in [7, 11) is 1.34. The Morgan fingerprint density at radius 2 is 2.00 bits per heavy atom. The van der Waals surface area contributed by atoms with Crippen molar-refractivity contribution < 1.29 is 14.3 Å². The Labute approximate surface area is 84.4 Å². The molecule has 0 heterocycles. The van der Waals surface area contributed by atoms with Gasteiger partial charge in [-0.15, -0.1) is 0 Å². The number of hydrogen-bond acceptors (Lipinski definition) is 4. The molecule has 14 heavy (non-hydrogen) atoms. The Hall–Kier alpha value is -1.19. The van der Waals surface area contributed by atoms with Crippen molar-refractivity contribution in [2.24, 2.45) is 10.4 Å². The van der Waals surface area contributed by atoms with Crippen LogP contribution in [0.4, 0.5) is 0 Å². The zero-order chi connectivity index (χ0) is 11.2. The third-order valence-electron chi connectivity index (χ3n) is 1.99. The minimum atomic E-state index is -0.546. The van der Waals surface area contributed by atoms with Crippen LogP contribution < -0.4 is 0 Å². The maximum Gasteiger partial charge on any atom is 0.307 e. The molecule has 0 rings (SSSR count). The lowest BCUT2D eigenvalue weighted by Gasteiger charge is -2.13. The summed E-state index contributed by atoms with van der Waals surface area (Å²) in [6.45, 7) is 5.46. The second-order valence-corrected chi connectivity index (χ2v) is 3.64. The van der Waals surface area contributed by atoms with E-state index in [0.717, 1.165) is 0 Å². The van der Waals surface area contributed by atoms with Crippen molar-refractivity contribution in [2.75, 3.05) is 13.7 Å². The first-order valence-corrected chi connectivity index (χ1v) is 4.49. The summed E-state index contributed by atoms with van der Waals surface area (Å²) in [6.07, 6.45) is 1.83. The summed E-state index contributed by atoms with van der Waals surface area (Å²) >= 11 is 0. The quantitative estimate of drug-likeness (QED) is 0.494. The summed E-state index contributed by atoms with van der Waals surface area (Å²) in [5.41, 5.74) is -0.546. The highest BCUT2D eigenvalue weighted by molar-refractivity contribution is 5.97. The molecule has 0 amide bonds. The largest absolute Gasteiger partial charge is 0.469 e. The minimum Gasteiger partial charge on any atom is -0.469 e. The molecule has 0 spiro atoms. The minimum absolute atomic E-state index is 0.0549. The molecule has 0 atom stereocenters. The zero-order valence-electron chi connectivity index (χ0n) is 9.16. The molecule has 0 aromatic heterocycles. The number of nitrogens with zero attached hydrogens (tertiary/aromatic N) is 1. The second kappa shape index (κ2) is 5.52. The Bertz CT molecular complexity index is 244. The highest BCUT2D eigenvalue weighted by atomic mass is 16.5. The smallest absolute Gasteiger partial charge is 0.307 e. The van der Waals surface area contributed by atoms with Crippen LogP contribution in [0, 0.1) is 5.41 Å². The van der Waals surface area contributed by atoms with E-state index in [1.165, 1.54) is 14.0 Å². The number of aliphatic imine (C=N–C) groups is 1. The summed E-state index contributed by atoms with van der Waals surface area (Å²) < 4.78 is 4.45. The number of hydrogen-bond donors (Lipinski definition) is 0. The molecule has 0 N–H and O–H groups in total. The van der Waals surface area contributed by atoms with Gasteiger partial charge in [0, 0.05) is 12.8 Å². The molecular weight excluding hydrogens is 182 g/mol. The predicted octanol–water partition coefficient (Wildman–Crippen LogP) is 1.24. The Morgan fingerprint density at radius 1 is 1.43 bits per heavy atom. The molecule has 0 saturated carbocycles. The molecule has 0 saturated heterocycles. The van der Waals surface area contributed by atoms with Crippen molar-refractivity contribution in [3.8, 4) is 0 Å². The molecule has 0 aliphatic heterocycles. The van der Waals surface area contributed by atoms with Crippen molar-refractivity contribution in [3.63, 3.8) is 0 Å². The number of methoxy groups -OCH3 is 1. The maximum absolute atomic E-state index is 11.1. The van der Waals surface area contributed by atoms with Gasteiger partial charge in [-0.05, 0) is 20.8 Å². The van der Waals surface area contributed by atoms with Gasteiger partial charge in [0.25, 0.3) is 0 Å². The lowest BCUT2D eigenvalue weighted by atomic mass is 9.91. The summed E-state index contributed by atoms with van der Waals surface area (Å²) in [4.78, 5) is 25.8. The van der Waals surface area contributed by atoms with Crippen molar-refractivity contribution in [1.82, 2.24) is 0 Å². The number of ketones is 1. The molecule has 0 radical (unpaired) electrons. The predicted molar refractivity (Wildman–Crippen MR) is 54.5 cm³/mol. The number of carbonyl (C=O) groups excluding carboxylic acids is 2. The number of carbonyl (C=O) groups is 2. The molecule has 0 fully saturated rings. The third kappa shape index (κ3) is 4.74. The molecule has 0 aliphatic carbocycles. The van der Waals surface area contributed by atoms with Gasteiger partial charge in [-0.3, -0.25) is 14.6 Å². The van der Waals surface area contributed by atoms with E-state index in [-0.39, 0.29) is 18.2 Å². The normalized spacial score (nSPS) is 11.7. The maximum atomic E-state index is 11.1. The summed E-state index contributed by atoms with van der Waals surface area (Å²) in [5, 5.41) is 0. The highest BCUT2D eigenvalue weighted by Gasteiger charge is 2.20. The van der Waals surface area contributed by atoms with Crippen molar-refractivity contribution >= 4 is 18.0 Å². The van der Waals surface area contributed by atoms with Gasteiger partial charge in [-0.1, -0.05) is 0 Å². The molecule has 0 aliphatic rings. The molecule has 0 aromatic carbocycles. The number of ether oxygens (including phenoxy) is 1. The lowest BCUT2D eigenvalue weighted by molar-refractivity contribution is -0.140. The van der Waals surface area contributed by atoms with Gasteiger partial charge in [-0.2, -0.15) is 0 Å². The van der Waals surface area contributed by atoms with E-state index in [2.05, 4.69) is 9.73 Å². The van der Waals surface area contributed by atoms with E-state index in [0.29, 0.717) is 6.54 Å². The monoisotopic (exact) mass is 199 g/mol. The number of rotatable bonds is 5. The van der Waals surface area contributed by atoms with Crippen molar-refractivity contribution in [1.29, 1.82) is 0 Å². The van der Waals surface area contributed by atoms with Crippen LogP contribution in [0.3, 0.4) is 0 Å². The number of Topliss-reactive ketones (excluding diaryl/α,β-unsaturated/α-hetero) is 1. The summed E-state index contributed by atoms with van der Waals surface area (Å²) in [6, 6.07) is 0. The Kier molecular flexibility index (Phi) is 5.05. The van der Waals surface area contributed by atoms with Gasteiger partial charge < -0.3 is 4.74 Å². The van der Waals surface area contributed by atoms with Crippen LogP contribution >= 0.6 is 0 Å². The first-order chi connectivity index (χ1) is 6.40. The first-order valence-electron chi connectivity index (χ1n) is 4.49. The standard InChI is InChI=1S/C10H17NO3/c1-8(12)10(2,3)7-11-6-5-9(13)14-4/h7H,5-6H2,1-4H3. The fourth-order valence-electron chi connectivity index (χ4n) is 0.642. The van der Waals surface area contributed by atoms with Crippen LogP contribution in [0.1, 0.15) is 27.2 Å². The summed E-state index contributed by atoms with van der Waals surface area (Å²) in [5.74, 6) is -0.234. The van der Waals surface area contributed by atoms with Crippen LogP contribution in [0.15, 0.2) is 4.99 Å². The van der Waals surface area contributed by atoms with Gasteiger partial charge >= 0.3 is 5.97 Å². The van der Waals surface area contributed by atoms with E-state index >= 15 is 0 Å². The van der Waals surface area contributed by atoms with Gasteiger partial charge in [0.1, 0.15) is 5.78 Å². The third-order valence-corrected chi connectivity index (χ3v) is 1.99. The SMILES string of the molecule is COC(=O)CCN=CC(C)(C)C(C)=O. The van der Waals surface area contributed by atoms with E-state index in [1.54, 1.807) is 20.1 Å². The Balaban J connectivity index is 3.95. The molecule has 80 valence electrons. The molecule has 0 bridgehead atoms. The molecule has 4 heteroatoms. The number of esters is 1. The highest BCUT2D eigenvalue weighted by Crippen LogP contribution is 2.12. The first kappa shape index (κ1) is 12.8. The van der Waals surface area contributed by atoms with E-state index in [1.807, 2.05) is 0 Å². The van der Waals surface area contributed by atoms with Gasteiger partial charge in [0.2, 0.25) is 0 Å². The molecule has 0 aromatic rings. The second-order valence-electron chi connectivity index (χ2n) is 3.64. The lowest BCUT2D eigenvalue weighted by Crippen LogP contribution is -2.23. The topological polar surface area (TPSA) is 55.7 Å². The van der Waals surface area contributed by atoms with Crippen LogP contribution in [-0.4, -0.2) is 31.6 Å². The zero-order valence-corrected chi connectivity index (χ0v) is 9.16. The fourth-order valence-corrected chi connectivity index (χ4v) is 0.642. The molecular formula is C10H17NO3. The molecule has 0 unspecified atom stereocenters. The van der Waals surface area contributed by atoms with Crippen LogP contribution in [0.25, 0.3) is 0 Å². The average Bonchev–Trinajstić information content (AvgIpc) is 2.11. The average molecular weight is 199 g/mol. The van der Waals surface area contributed by atoms with Gasteiger partial charge in [0.05, 0.1) is 18.9 Å². The Morgan fingerprint density at radius 3 is 2.43 bits per heavy atom. The fraction of sp³-hybridized carbons (Fsp3) is 0.700. The van der Waals surface area contributed by atoms with Crippen LogP contribution in [-0.2, 0) is 14.3 Å². The van der Waals surface area contributed by atoms with Crippen LogP contribution in [0.5, 0.6) is 0 Å². The van der Waals surface area contributed by atoms with E-state index in [4.69, 9.17) is 0 Å². The van der Waals surface area contributed by atoms with Gasteiger partial charge in [0.15, 0.2) is 0 Å². The molecule has 4 nitrogen and oxygen atoms in total. The van der Waals surface area contributed by atoms with E-state index < -0.39 is 5.41 Å². The van der Waals surface area contributed by atoms with E-state index in [9.17, 15) is 9.59 Å². The van der Waals surface area contributed by atoms with Crippen molar-refractivity contribution in [2.45, 2.75) is 27.2 Å².